The fraction of sp³-hybridized carbons (Fsp3) is 0.528. The zero-order chi connectivity index (χ0) is 31.8. The summed E-state index contributed by atoms with van der Waals surface area (Å²) in [5.74, 6) is -0.526. The van der Waals surface area contributed by atoms with E-state index in [4.69, 9.17) is 9.72 Å². The molecule has 0 bridgehead atoms. The van der Waals surface area contributed by atoms with Crippen molar-refractivity contribution in [3.8, 4) is 23.0 Å². The highest BCUT2D eigenvalue weighted by Crippen LogP contribution is 2.54. The van der Waals surface area contributed by atoms with Crippen molar-refractivity contribution in [2.45, 2.75) is 82.8 Å². The van der Waals surface area contributed by atoms with Crippen LogP contribution < -0.4 is 9.64 Å². The molecule has 2 aromatic heterocycles. The summed E-state index contributed by atoms with van der Waals surface area (Å²) in [4.78, 5) is 18.9. The van der Waals surface area contributed by atoms with Gasteiger partial charge < -0.3 is 19.8 Å². The van der Waals surface area contributed by atoms with Crippen LogP contribution in [0.3, 0.4) is 0 Å². The molecule has 0 radical (unpaired) electrons. The first kappa shape index (κ1) is 29.8. The summed E-state index contributed by atoms with van der Waals surface area (Å²) in [6.07, 6.45) is 9.79. The topological polar surface area (TPSA) is 94.8 Å². The lowest BCUT2D eigenvalue weighted by molar-refractivity contribution is -0.119. The van der Waals surface area contributed by atoms with Crippen molar-refractivity contribution in [1.29, 1.82) is 0 Å². The lowest BCUT2D eigenvalue weighted by Gasteiger charge is -2.56. The van der Waals surface area contributed by atoms with Crippen LogP contribution >= 0.6 is 0 Å². The van der Waals surface area contributed by atoms with Crippen LogP contribution in [-0.4, -0.2) is 74.0 Å². The van der Waals surface area contributed by atoms with Crippen molar-refractivity contribution in [2.75, 3.05) is 37.7 Å². The first-order valence-corrected chi connectivity index (χ1v) is 16.8. The van der Waals surface area contributed by atoms with Crippen LogP contribution in [0.2, 0.25) is 0 Å². The summed E-state index contributed by atoms with van der Waals surface area (Å²) < 4.78 is 38.3. The molecule has 3 saturated heterocycles. The molecule has 0 unspecified atom stereocenters. The Bertz CT molecular complexity index is 1850. The minimum Gasteiger partial charge on any atom is -0.508 e. The molecule has 2 aromatic carbocycles. The normalized spacial score (nSPS) is 25.8. The molecule has 4 aliphatic rings. The SMILES string of the molecule is CCc1c(F)ccc2cc(O)cc(-c3ncc4c(N5CCC[C@]6(C5)C[C@@](C)(O)C6)nc(OCC56CCCN5CCC6)nc4c3F)c12. The largest absolute Gasteiger partial charge is 0.508 e. The van der Waals surface area contributed by atoms with Gasteiger partial charge in [0.2, 0.25) is 0 Å². The Kier molecular flexibility index (Phi) is 6.92. The molecule has 1 aliphatic carbocycles. The number of benzene rings is 2. The molecule has 0 atom stereocenters. The van der Waals surface area contributed by atoms with Crippen molar-refractivity contribution in [2.24, 2.45) is 5.41 Å². The number of nitrogens with zero attached hydrogens (tertiary/aromatic N) is 5. The van der Waals surface area contributed by atoms with E-state index in [-0.39, 0.29) is 39.7 Å². The number of piperidine rings is 1. The number of hydrogen-bond acceptors (Lipinski definition) is 8. The van der Waals surface area contributed by atoms with Gasteiger partial charge in [-0.1, -0.05) is 13.0 Å². The molecular formula is C36H41F2N5O3. The Morgan fingerprint density at radius 2 is 1.76 bits per heavy atom. The number of halogens is 2. The number of pyridine rings is 1. The van der Waals surface area contributed by atoms with Crippen LogP contribution in [0.1, 0.15) is 70.8 Å². The van der Waals surface area contributed by atoms with Gasteiger partial charge in [0, 0.05) is 24.8 Å². The maximum Gasteiger partial charge on any atom is 0.319 e. The molecule has 4 aromatic rings. The summed E-state index contributed by atoms with van der Waals surface area (Å²) in [6.45, 7) is 7.76. The maximum atomic E-state index is 16.9. The van der Waals surface area contributed by atoms with Crippen LogP contribution in [0.25, 0.3) is 32.9 Å². The second kappa shape index (κ2) is 10.7. The summed E-state index contributed by atoms with van der Waals surface area (Å²) in [6, 6.07) is 6.11. The number of fused-ring (bicyclic) bond motifs is 3. The van der Waals surface area contributed by atoms with Gasteiger partial charge in [-0.15, -0.1) is 0 Å². The molecule has 0 amide bonds. The van der Waals surface area contributed by atoms with E-state index >= 15 is 4.39 Å². The monoisotopic (exact) mass is 629 g/mol. The Labute approximate surface area is 267 Å². The Morgan fingerprint density at radius 1 is 1.00 bits per heavy atom. The highest BCUT2D eigenvalue weighted by atomic mass is 19.1. The minimum absolute atomic E-state index is 0.00851. The fourth-order valence-corrected chi connectivity index (χ4v) is 9.45. The predicted molar refractivity (Wildman–Crippen MR) is 173 cm³/mol. The molecule has 1 saturated carbocycles. The van der Waals surface area contributed by atoms with E-state index in [1.165, 1.54) is 12.1 Å². The Morgan fingerprint density at radius 3 is 2.50 bits per heavy atom. The summed E-state index contributed by atoms with van der Waals surface area (Å²) in [5.41, 5.74) is 0.118. The number of phenols is 1. The quantitative estimate of drug-likeness (QED) is 0.249. The number of anilines is 1. The average molecular weight is 630 g/mol. The molecule has 8 rings (SSSR count). The number of hydrogen-bond donors (Lipinski definition) is 2. The van der Waals surface area contributed by atoms with Crippen molar-refractivity contribution >= 4 is 27.5 Å². The smallest absolute Gasteiger partial charge is 0.319 e. The van der Waals surface area contributed by atoms with E-state index in [2.05, 4.69) is 19.8 Å². The molecule has 46 heavy (non-hydrogen) atoms. The average Bonchev–Trinajstić information content (AvgIpc) is 3.60. The standard InChI is InChI=1S/C36H41F2N5O3/c1-3-24-27(37)8-7-22-15-23(44)16-25(28(22)24)30-29(38)31-26(17-39-30)32(42-12-4-9-35(20-42)18-34(2,45)19-35)41-33(40-31)46-21-36-10-5-13-43(36)14-6-11-36/h7-8,15-17,44-45H,3-6,9-14,18-21H2,1-2H3/t34-,35+. The molecule has 3 aliphatic heterocycles. The van der Waals surface area contributed by atoms with Gasteiger partial charge in [-0.3, -0.25) is 9.88 Å². The molecule has 242 valence electrons. The van der Waals surface area contributed by atoms with Crippen LogP contribution in [-0.2, 0) is 6.42 Å². The van der Waals surface area contributed by atoms with Gasteiger partial charge >= 0.3 is 6.01 Å². The van der Waals surface area contributed by atoms with E-state index in [0.717, 1.165) is 71.0 Å². The van der Waals surface area contributed by atoms with E-state index in [9.17, 15) is 14.6 Å². The van der Waals surface area contributed by atoms with Crippen LogP contribution in [0.15, 0.2) is 30.5 Å². The molecule has 8 nitrogen and oxygen atoms in total. The molecule has 5 heterocycles. The van der Waals surface area contributed by atoms with Gasteiger partial charge in [-0.05, 0) is 118 Å². The van der Waals surface area contributed by atoms with Crippen molar-refractivity contribution < 1.29 is 23.7 Å². The van der Waals surface area contributed by atoms with Crippen molar-refractivity contribution in [3.63, 3.8) is 0 Å². The zero-order valence-electron chi connectivity index (χ0n) is 26.6. The van der Waals surface area contributed by atoms with E-state index in [0.29, 0.717) is 52.7 Å². The second-order valence-electron chi connectivity index (χ2n) is 14.6. The third-order valence-corrected chi connectivity index (χ3v) is 11.2. The number of aromatic hydroxyl groups is 1. The molecular weight excluding hydrogens is 588 g/mol. The third kappa shape index (κ3) is 4.78. The van der Waals surface area contributed by atoms with E-state index < -0.39 is 11.4 Å². The molecule has 1 spiro atoms. The summed E-state index contributed by atoms with van der Waals surface area (Å²) in [5, 5.41) is 22.8. The van der Waals surface area contributed by atoms with E-state index in [1.54, 1.807) is 18.3 Å². The van der Waals surface area contributed by atoms with Gasteiger partial charge in [0.25, 0.3) is 0 Å². The first-order chi connectivity index (χ1) is 22.1. The number of aryl methyl sites for hydroxylation is 1. The van der Waals surface area contributed by atoms with Gasteiger partial charge in [0.05, 0.1) is 16.5 Å². The highest BCUT2D eigenvalue weighted by molar-refractivity contribution is 6.01. The maximum absolute atomic E-state index is 16.9. The second-order valence-corrected chi connectivity index (χ2v) is 14.6. The van der Waals surface area contributed by atoms with Crippen LogP contribution in [0.5, 0.6) is 11.8 Å². The molecule has 4 fully saturated rings. The van der Waals surface area contributed by atoms with E-state index in [1.807, 2.05) is 13.8 Å². The van der Waals surface area contributed by atoms with Gasteiger partial charge in [0.1, 0.15) is 35.2 Å². The van der Waals surface area contributed by atoms with Crippen molar-refractivity contribution in [1.82, 2.24) is 19.9 Å². The highest BCUT2D eigenvalue weighted by Gasteiger charge is 2.52. The summed E-state index contributed by atoms with van der Waals surface area (Å²) >= 11 is 0. The number of rotatable bonds is 6. The van der Waals surface area contributed by atoms with Gasteiger partial charge in [-0.2, -0.15) is 9.97 Å². The fourth-order valence-electron chi connectivity index (χ4n) is 9.45. The van der Waals surface area contributed by atoms with Gasteiger partial charge in [0.15, 0.2) is 5.82 Å². The van der Waals surface area contributed by atoms with Crippen LogP contribution in [0.4, 0.5) is 14.6 Å². The Balaban J connectivity index is 1.26. The van der Waals surface area contributed by atoms with Gasteiger partial charge in [-0.25, -0.2) is 8.78 Å². The summed E-state index contributed by atoms with van der Waals surface area (Å²) in [7, 11) is 0. The minimum atomic E-state index is -0.665. The first-order valence-electron chi connectivity index (χ1n) is 16.8. The number of phenolic OH excluding ortho intramolecular Hbond substituents is 1. The Hall–Kier alpha value is -3.63. The lowest BCUT2D eigenvalue weighted by Crippen LogP contribution is -2.57. The molecule has 10 heteroatoms. The predicted octanol–water partition coefficient (Wildman–Crippen LogP) is 6.53. The number of aliphatic hydroxyl groups is 1. The number of aromatic nitrogens is 3. The third-order valence-electron chi connectivity index (χ3n) is 11.2. The van der Waals surface area contributed by atoms with Crippen molar-refractivity contribution in [3.05, 3.63) is 47.7 Å². The molecule has 2 N–H and O–H groups in total. The van der Waals surface area contributed by atoms with Crippen LogP contribution in [0, 0.1) is 17.0 Å². The lowest BCUT2D eigenvalue weighted by atomic mass is 9.56. The number of ether oxygens (including phenoxy) is 1. The zero-order valence-corrected chi connectivity index (χ0v) is 26.6.